The van der Waals surface area contributed by atoms with Crippen LogP contribution < -0.4 is 0 Å². The zero-order valence-electron chi connectivity index (χ0n) is 11.7. The first-order chi connectivity index (χ1) is 9.29. The molecule has 5 heteroatoms. The van der Waals surface area contributed by atoms with Crippen LogP contribution in [0.25, 0.3) is 0 Å². The van der Waals surface area contributed by atoms with E-state index in [2.05, 4.69) is 39.9 Å². The number of nitrogens with zero attached hydrogens (tertiary/aromatic N) is 1. The maximum Gasteiger partial charge on any atom is 0.336 e. The Hall–Kier alpha value is -0.910. The molecule has 1 heterocycles. The number of carboxylic acid groups (broad SMARTS) is 1. The molecule has 0 bridgehead atoms. The molecule has 1 aliphatic rings. The molecular weight excluding hydrogens is 322 g/mol. The molecule has 4 nitrogen and oxygen atoms in total. The fourth-order valence-electron chi connectivity index (χ4n) is 2.76. The second kappa shape index (κ2) is 5.84. The van der Waals surface area contributed by atoms with Gasteiger partial charge in [0.1, 0.15) is 0 Å². The van der Waals surface area contributed by atoms with E-state index in [4.69, 9.17) is 5.11 Å². The van der Waals surface area contributed by atoms with Gasteiger partial charge in [-0.3, -0.25) is 4.90 Å². The molecule has 0 aliphatic carbocycles. The van der Waals surface area contributed by atoms with Crippen LogP contribution >= 0.6 is 15.9 Å². The number of hydrogen-bond acceptors (Lipinski definition) is 3. The van der Waals surface area contributed by atoms with Crippen LogP contribution in [0.5, 0.6) is 0 Å². The van der Waals surface area contributed by atoms with E-state index in [0.29, 0.717) is 5.92 Å². The lowest BCUT2D eigenvalue weighted by Crippen LogP contribution is -2.47. The Bertz CT molecular complexity index is 486. The van der Waals surface area contributed by atoms with Gasteiger partial charge in [0.15, 0.2) is 5.60 Å². The normalized spacial score (nSPS) is 26.4. The minimum atomic E-state index is -1.69. The molecule has 0 saturated carbocycles. The van der Waals surface area contributed by atoms with Gasteiger partial charge >= 0.3 is 5.97 Å². The zero-order valence-corrected chi connectivity index (χ0v) is 13.3. The summed E-state index contributed by atoms with van der Waals surface area (Å²) in [7, 11) is 0. The van der Waals surface area contributed by atoms with Crippen LogP contribution in [0.15, 0.2) is 28.7 Å². The van der Waals surface area contributed by atoms with E-state index >= 15 is 0 Å². The van der Waals surface area contributed by atoms with Crippen molar-refractivity contribution < 1.29 is 15.0 Å². The van der Waals surface area contributed by atoms with Crippen molar-refractivity contribution in [2.75, 3.05) is 13.1 Å². The van der Waals surface area contributed by atoms with Gasteiger partial charge < -0.3 is 10.2 Å². The van der Waals surface area contributed by atoms with Crippen LogP contribution in [0.3, 0.4) is 0 Å². The Morgan fingerprint density at radius 2 is 2.05 bits per heavy atom. The lowest BCUT2D eigenvalue weighted by molar-refractivity contribution is -0.158. The van der Waals surface area contributed by atoms with Crippen molar-refractivity contribution in [3.8, 4) is 0 Å². The molecule has 3 unspecified atom stereocenters. The molecule has 0 aromatic heterocycles. The molecule has 0 radical (unpaired) electrons. The first-order valence-electron chi connectivity index (χ1n) is 6.75. The summed E-state index contributed by atoms with van der Waals surface area (Å²) in [5.41, 5.74) is -0.430. The SMILES string of the molecule is CC1CC(c2ccc(Br)cc2)CN1CC(C)(O)C(=O)O. The van der Waals surface area contributed by atoms with Gasteiger partial charge in [0.2, 0.25) is 0 Å². The molecule has 0 spiro atoms. The summed E-state index contributed by atoms with van der Waals surface area (Å²) in [5.74, 6) is -0.778. The Balaban J connectivity index is 2.05. The summed E-state index contributed by atoms with van der Waals surface area (Å²) < 4.78 is 1.05. The predicted octanol–water partition coefficient (Wildman–Crippen LogP) is 2.46. The third kappa shape index (κ3) is 3.40. The van der Waals surface area contributed by atoms with Crippen molar-refractivity contribution in [3.05, 3.63) is 34.3 Å². The first kappa shape index (κ1) is 15.5. The minimum absolute atomic E-state index is 0.163. The van der Waals surface area contributed by atoms with E-state index in [1.807, 2.05) is 12.1 Å². The van der Waals surface area contributed by atoms with Crippen molar-refractivity contribution in [2.45, 2.75) is 37.8 Å². The molecule has 3 atom stereocenters. The molecule has 2 N–H and O–H groups in total. The van der Waals surface area contributed by atoms with Crippen molar-refractivity contribution in [1.29, 1.82) is 0 Å². The number of aliphatic carboxylic acids is 1. The highest BCUT2D eigenvalue weighted by Gasteiger charge is 2.38. The topological polar surface area (TPSA) is 60.8 Å². The fraction of sp³-hybridized carbons (Fsp3) is 0.533. The van der Waals surface area contributed by atoms with E-state index in [1.54, 1.807) is 0 Å². The quantitative estimate of drug-likeness (QED) is 0.883. The summed E-state index contributed by atoms with van der Waals surface area (Å²) >= 11 is 3.42. The van der Waals surface area contributed by atoms with Crippen LogP contribution in [0, 0.1) is 0 Å². The highest BCUT2D eigenvalue weighted by atomic mass is 79.9. The summed E-state index contributed by atoms with van der Waals surface area (Å²) in [6.45, 7) is 4.38. The average Bonchev–Trinajstić information content (AvgIpc) is 2.71. The van der Waals surface area contributed by atoms with Crippen molar-refractivity contribution in [1.82, 2.24) is 4.90 Å². The minimum Gasteiger partial charge on any atom is -0.479 e. The largest absolute Gasteiger partial charge is 0.479 e. The van der Waals surface area contributed by atoms with Crippen LogP contribution in [0.4, 0.5) is 0 Å². The van der Waals surface area contributed by atoms with Crippen LogP contribution in [0.1, 0.15) is 31.7 Å². The number of hydrogen-bond donors (Lipinski definition) is 2. The van der Waals surface area contributed by atoms with Crippen LogP contribution in [0.2, 0.25) is 0 Å². The summed E-state index contributed by atoms with van der Waals surface area (Å²) in [4.78, 5) is 13.1. The molecular formula is C15H20BrNO3. The van der Waals surface area contributed by atoms with E-state index in [0.717, 1.165) is 17.4 Å². The number of β-amino-alcohol motifs (C(OH)–C–C–N with tert-alkyl or cyclic N) is 1. The molecule has 2 rings (SSSR count). The van der Waals surface area contributed by atoms with E-state index in [1.165, 1.54) is 12.5 Å². The molecule has 1 aromatic rings. The zero-order chi connectivity index (χ0) is 14.9. The maximum absolute atomic E-state index is 11.0. The van der Waals surface area contributed by atoms with Gasteiger partial charge in [-0.2, -0.15) is 0 Å². The number of benzene rings is 1. The van der Waals surface area contributed by atoms with Gasteiger partial charge in [-0.1, -0.05) is 28.1 Å². The molecule has 1 saturated heterocycles. The van der Waals surface area contributed by atoms with Crippen molar-refractivity contribution in [3.63, 3.8) is 0 Å². The maximum atomic E-state index is 11.0. The standard InChI is InChI=1S/C15H20BrNO3/c1-10-7-12(11-3-5-13(16)6-4-11)8-17(10)9-15(2,20)14(18)19/h3-6,10,12,20H,7-9H2,1-2H3,(H,18,19). The number of carboxylic acids is 1. The fourth-order valence-corrected chi connectivity index (χ4v) is 3.02. The highest BCUT2D eigenvalue weighted by molar-refractivity contribution is 9.10. The van der Waals surface area contributed by atoms with Crippen LogP contribution in [-0.4, -0.2) is 45.8 Å². The number of carbonyl (C=O) groups is 1. The number of likely N-dealkylation sites (tertiary alicyclic amines) is 1. The number of rotatable bonds is 4. The second-order valence-corrected chi connectivity index (χ2v) is 6.76. The van der Waals surface area contributed by atoms with Gasteiger partial charge in [-0.05, 0) is 43.9 Å². The summed E-state index contributed by atoms with van der Waals surface area (Å²) in [5, 5.41) is 18.9. The molecule has 1 aliphatic heterocycles. The first-order valence-corrected chi connectivity index (χ1v) is 7.54. The Morgan fingerprint density at radius 1 is 1.45 bits per heavy atom. The lowest BCUT2D eigenvalue weighted by Gasteiger charge is -2.28. The average molecular weight is 342 g/mol. The third-order valence-electron chi connectivity index (χ3n) is 4.02. The highest BCUT2D eigenvalue weighted by Crippen LogP contribution is 2.33. The van der Waals surface area contributed by atoms with Gasteiger partial charge in [-0.25, -0.2) is 4.79 Å². The predicted molar refractivity (Wildman–Crippen MR) is 80.8 cm³/mol. The molecule has 1 aromatic carbocycles. The summed E-state index contributed by atoms with van der Waals surface area (Å²) in [6, 6.07) is 8.52. The Labute approximate surface area is 127 Å². The molecule has 1 fully saturated rings. The smallest absolute Gasteiger partial charge is 0.336 e. The lowest BCUT2D eigenvalue weighted by atomic mass is 9.97. The van der Waals surface area contributed by atoms with Gasteiger partial charge in [0, 0.05) is 23.6 Å². The van der Waals surface area contributed by atoms with Gasteiger partial charge in [-0.15, -0.1) is 0 Å². The number of halogens is 1. The third-order valence-corrected chi connectivity index (χ3v) is 4.55. The Morgan fingerprint density at radius 3 is 2.60 bits per heavy atom. The van der Waals surface area contributed by atoms with Crippen molar-refractivity contribution in [2.24, 2.45) is 0 Å². The Kier molecular flexibility index (Phi) is 4.52. The van der Waals surface area contributed by atoms with Gasteiger partial charge in [0.25, 0.3) is 0 Å². The van der Waals surface area contributed by atoms with Crippen molar-refractivity contribution >= 4 is 21.9 Å². The van der Waals surface area contributed by atoms with E-state index < -0.39 is 11.6 Å². The van der Waals surface area contributed by atoms with Crippen LogP contribution in [-0.2, 0) is 4.79 Å². The van der Waals surface area contributed by atoms with Gasteiger partial charge in [0.05, 0.1) is 0 Å². The van der Waals surface area contributed by atoms with E-state index in [-0.39, 0.29) is 12.6 Å². The second-order valence-electron chi connectivity index (χ2n) is 5.84. The summed E-state index contributed by atoms with van der Waals surface area (Å²) in [6.07, 6.45) is 0.983. The molecule has 0 amide bonds. The molecule has 20 heavy (non-hydrogen) atoms. The molecule has 110 valence electrons. The monoisotopic (exact) mass is 341 g/mol. The van der Waals surface area contributed by atoms with E-state index in [9.17, 15) is 9.90 Å². The number of aliphatic hydroxyl groups is 1.